The standard InChI is InChI=1S/C21H37N5O6/c1-11(2)10-15(25-18(28)13-6-5-9-23-13)20(30)24-14(7-8-16(22)27)19(29)26-17(12(3)4)21(31)32/h11-15,17,23H,5-10H2,1-4H3,(H2,22,27)(H,24,30)(H,25,28)(H,26,29)(H,31,32). The SMILES string of the molecule is CC(C)CC(NC(=O)C1CCCN1)C(=O)NC(CCC(N)=O)C(=O)NC(C(=O)O)C(C)C. The Bertz CT molecular complexity index is 690. The van der Waals surface area contributed by atoms with E-state index in [1.165, 1.54) is 0 Å². The molecule has 182 valence electrons. The number of rotatable bonds is 13. The minimum absolute atomic E-state index is 0.0813. The van der Waals surface area contributed by atoms with Crippen molar-refractivity contribution in [2.24, 2.45) is 17.6 Å². The summed E-state index contributed by atoms with van der Waals surface area (Å²) in [5, 5.41) is 20.1. The van der Waals surface area contributed by atoms with Crippen molar-refractivity contribution >= 4 is 29.6 Å². The summed E-state index contributed by atoms with van der Waals surface area (Å²) in [5.41, 5.74) is 5.19. The zero-order valence-electron chi connectivity index (χ0n) is 19.3. The predicted octanol–water partition coefficient (Wildman–Crippen LogP) is -0.755. The van der Waals surface area contributed by atoms with Crippen molar-refractivity contribution in [1.82, 2.24) is 21.3 Å². The van der Waals surface area contributed by atoms with Crippen molar-refractivity contribution < 1.29 is 29.1 Å². The first-order valence-corrected chi connectivity index (χ1v) is 11.1. The van der Waals surface area contributed by atoms with E-state index in [0.29, 0.717) is 12.8 Å². The van der Waals surface area contributed by atoms with Gasteiger partial charge >= 0.3 is 5.97 Å². The molecule has 0 bridgehead atoms. The highest BCUT2D eigenvalue weighted by molar-refractivity contribution is 5.94. The number of primary amides is 1. The Morgan fingerprint density at radius 2 is 1.62 bits per heavy atom. The molecule has 32 heavy (non-hydrogen) atoms. The Hall–Kier alpha value is -2.69. The lowest BCUT2D eigenvalue weighted by Gasteiger charge is -2.26. The van der Waals surface area contributed by atoms with Crippen molar-refractivity contribution in [2.45, 2.75) is 84.0 Å². The quantitative estimate of drug-likeness (QED) is 0.211. The molecule has 1 saturated heterocycles. The van der Waals surface area contributed by atoms with Crippen LogP contribution in [0, 0.1) is 11.8 Å². The lowest BCUT2D eigenvalue weighted by Crippen LogP contribution is -2.57. The van der Waals surface area contributed by atoms with Gasteiger partial charge in [0.2, 0.25) is 23.6 Å². The van der Waals surface area contributed by atoms with Crippen LogP contribution in [-0.4, -0.2) is 65.4 Å². The topological polar surface area (TPSA) is 180 Å². The van der Waals surface area contributed by atoms with Crippen LogP contribution >= 0.6 is 0 Å². The number of amides is 4. The van der Waals surface area contributed by atoms with E-state index >= 15 is 0 Å². The molecule has 0 aromatic heterocycles. The number of carboxylic acids is 1. The summed E-state index contributed by atoms with van der Waals surface area (Å²) in [6.45, 7) is 7.81. The van der Waals surface area contributed by atoms with Gasteiger partial charge in [-0.2, -0.15) is 0 Å². The largest absolute Gasteiger partial charge is 0.480 e. The van der Waals surface area contributed by atoms with Crippen molar-refractivity contribution in [3.8, 4) is 0 Å². The molecule has 7 N–H and O–H groups in total. The number of aliphatic carboxylic acids is 1. The summed E-state index contributed by atoms with van der Waals surface area (Å²) in [6.07, 6.45) is 1.62. The molecule has 11 nitrogen and oxygen atoms in total. The van der Waals surface area contributed by atoms with E-state index in [1.807, 2.05) is 13.8 Å². The molecular weight excluding hydrogens is 418 g/mol. The van der Waals surface area contributed by atoms with Gasteiger partial charge in [0, 0.05) is 6.42 Å². The van der Waals surface area contributed by atoms with Crippen LogP contribution in [0.5, 0.6) is 0 Å². The van der Waals surface area contributed by atoms with Crippen LogP contribution in [-0.2, 0) is 24.0 Å². The minimum atomic E-state index is -1.21. The Labute approximate surface area is 188 Å². The van der Waals surface area contributed by atoms with Crippen LogP contribution in [0.15, 0.2) is 0 Å². The lowest BCUT2D eigenvalue weighted by atomic mass is 10.0. The van der Waals surface area contributed by atoms with Crippen molar-refractivity contribution in [1.29, 1.82) is 0 Å². The smallest absolute Gasteiger partial charge is 0.326 e. The summed E-state index contributed by atoms with van der Waals surface area (Å²) < 4.78 is 0. The summed E-state index contributed by atoms with van der Waals surface area (Å²) in [7, 11) is 0. The number of carbonyl (C=O) groups is 5. The van der Waals surface area contributed by atoms with Gasteiger partial charge in [0.1, 0.15) is 18.1 Å². The molecule has 0 spiro atoms. The van der Waals surface area contributed by atoms with Crippen LogP contribution in [0.25, 0.3) is 0 Å². The normalized spacial score (nSPS) is 18.6. The highest BCUT2D eigenvalue weighted by Crippen LogP contribution is 2.10. The molecule has 1 aliphatic rings. The van der Waals surface area contributed by atoms with Crippen molar-refractivity contribution in [3.63, 3.8) is 0 Å². The molecular formula is C21H37N5O6. The van der Waals surface area contributed by atoms with Gasteiger partial charge in [0.25, 0.3) is 0 Å². The summed E-state index contributed by atoms with van der Waals surface area (Å²) in [5.74, 6) is -3.77. The minimum Gasteiger partial charge on any atom is -0.480 e. The Kier molecular flexibility index (Phi) is 11.1. The van der Waals surface area contributed by atoms with E-state index in [1.54, 1.807) is 13.8 Å². The number of hydrogen-bond donors (Lipinski definition) is 6. The average Bonchev–Trinajstić information content (AvgIpc) is 3.22. The molecule has 4 amide bonds. The second-order valence-corrected chi connectivity index (χ2v) is 8.97. The van der Waals surface area contributed by atoms with Gasteiger partial charge in [-0.05, 0) is 44.1 Å². The Morgan fingerprint density at radius 1 is 1.00 bits per heavy atom. The van der Waals surface area contributed by atoms with Gasteiger partial charge in [-0.1, -0.05) is 27.7 Å². The third-order valence-electron chi connectivity index (χ3n) is 5.26. The van der Waals surface area contributed by atoms with Crippen LogP contribution in [0.3, 0.4) is 0 Å². The number of carbonyl (C=O) groups excluding carboxylic acids is 4. The van der Waals surface area contributed by atoms with E-state index in [0.717, 1.165) is 13.0 Å². The van der Waals surface area contributed by atoms with Gasteiger partial charge in [0.15, 0.2) is 0 Å². The molecule has 4 atom stereocenters. The second-order valence-electron chi connectivity index (χ2n) is 8.97. The first kappa shape index (κ1) is 27.3. The average molecular weight is 456 g/mol. The number of nitrogens with two attached hydrogens (primary N) is 1. The van der Waals surface area contributed by atoms with Gasteiger partial charge < -0.3 is 32.1 Å². The zero-order valence-corrected chi connectivity index (χ0v) is 19.3. The third-order valence-corrected chi connectivity index (χ3v) is 5.26. The maximum atomic E-state index is 13.0. The summed E-state index contributed by atoms with van der Waals surface area (Å²) >= 11 is 0. The molecule has 0 aromatic carbocycles. The summed E-state index contributed by atoms with van der Waals surface area (Å²) in [6, 6.07) is -3.58. The zero-order chi connectivity index (χ0) is 24.4. The fourth-order valence-electron chi connectivity index (χ4n) is 3.48. The molecule has 11 heteroatoms. The molecule has 0 aromatic rings. The van der Waals surface area contributed by atoms with Gasteiger partial charge in [-0.25, -0.2) is 4.79 Å². The number of nitrogens with one attached hydrogen (secondary N) is 4. The highest BCUT2D eigenvalue weighted by atomic mass is 16.4. The number of hydrogen-bond acceptors (Lipinski definition) is 6. The molecule has 1 aliphatic heterocycles. The van der Waals surface area contributed by atoms with Gasteiger partial charge in [-0.3, -0.25) is 19.2 Å². The first-order valence-electron chi connectivity index (χ1n) is 11.1. The van der Waals surface area contributed by atoms with Crippen molar-refractivity contribution in [2.75, 3.05) is 6.54 Å². The monoisotopic (exact) mass is 455 g/mol. The molecule has 1 heterocycles. The Balaban J connectivity index is 2.94. The van der Waals surface area contributed by atoms with E-state index in [-0.39, 0.29) is 30.7 Å². The maximum Gasteiger partial charge on any atom is 0.326 e. The molecule has 1 rings (SSSR count). The van der Waals surface area contributed by atoms with E-state index in [2.05, 4.69) is 21.3 Å². The third kappa shape index (κ3) is 9.21. The molecule has 0 saturated carbocycles. The van der Waals surface area contributed by atoms with Gasteiger partial charge in [-0.15, -0.1) is 0 Å². The molecule has 4 unspecified atom stereocenters. The van der Waals surface area contributed by atoms with Crippen LogP contribution in [0.4, 0.5) is 0 Å². The second kappa shape index (κ2) is 13.0. The molecule has 0 aliphatic carbocycles. The molecule has 0 radical (unpaired) electrons. The van der Waals surface area contributed by atoms with Crippen LogP contribution < -0.4 is 27.0 Å². The first-order chi connectivity index (χ1) is 14.9. The van der Waals surface area contributed by atoms with E-state index in [9.17, 15) is 29.1 Å². The maximum absolute atomic E-state index is 13.0. The number of carboxylic acid groups (broad SMARTS) is 1. The fraction of sp³-hybridized carbons (Fsp3) is 0.762. The van der Waals surface area contributed by atoms with Crippen LogP contribution in [0.1, 0.15) is 59.8 Å². The van der Waals surface area contributed by atoms with Crippen LogP contribution in [0.2, 0.25) is 0 Å². The van der Waals surface area contributed by atoms with E-state index in [4.69, 9.17) is 5.73 Å². The fourth-order valence-corrected chi connectivity index (χ4v) is 3.48. The summed E-state index contributed by atoms with van der Waals surface area (Å²) in [4.78, 5) is 60.9. The van der Waals surface area contributed by atoms with Gasteiger partial charge in [0.05, 0.1) is 6.04 Å². The highest BCUT2D eigenvalue weighted by Gasteiger charge is 2.32. The van der Waals surface area contributed by atoms with Crippen molar-refractivity contribution in [3.05, 3.63) is 0 Å². The lowest BCUT2D eigenvalue weighted by molar-refractivity contribution is -0.143. The molecule has 1 fully saturated rings. The predicted molar refractivity (Wildman–Crippen MR) is 117 cm³/mol. The Morgan fingerprint density at radius 3 is 2.09 bits per heavy atom. The van der Waals surface area contributed by atoms with E-state index < -0.39 is 47.7 Å².